The average Bonchev–Trinajstić information content (AvgIpc) is 3.08. The van der Waals surface area contributed by atoms with Gasteiger partial charge in [0.25, 0.3) is 0 Å². The largest absolute Gasteiger partial charge is 0.465 e. The molecule has 28 heavy (non-hydrogen) atoms. The number of aromatic nitrogens is 3. The molecule has 2 heterocycles. The minimum absolute atomic E-state index is 0.238. The summed E-state index contributed by atoms with van der Waals surface area (Å²) in [7, 11) is -1.37. The second kappa shape index (κ2) is 9.49. The molecule has 0 radical (unpaired) electrons. The highest BCUT2D eigenvalue weighted by Crippen LogP contribution is 2.24. The molecule has 1 N–H and O–H groups in total. The number of hydrogen-bond acceptors (Lipinski definition) is 5. The minimum Gasteiger partial charge on any atom is -0.465 e. The van der Waals surface area contributed by atoms with Crippen LogP contribution in [0.15, 0.2) is 35.6 Å². The van der Waals surface area contributed by atoms with E-state index in [2.05, 4.69) is 21.9 Å². The number of halogens is 1. The van der Waals surface area contributed by atoms with Crippen molar-refractivity contribution in [1.82, 2.24) is 15.0 Å². The minimum atomic E-state index is -1.37. The molecule has 0 aliphatic heterocycles. The molecule has 2 aromatic heterocycles. The number of pyridine rings is 1. The molecule has 0 bridgehead atoms. The van der Waals surface area contributed by atoms with Crippen LogP contribution in [0.2, 0.25) is 5.02 Å². The number of H-pyrrole nitrogens is 1. The third-order valence-electron chi connectivity index (χ3n) is 4.31. The smallest absolute Gasteiger partial charge is 0.197 e. The number of nitrogens with zero attached hydrogens (tertiary/aromatic N) is 2. The zero-order valence-corrected chi connectivity index (χ0v) is 17.8. The maximum Gasteiger partial charge on any atom is 0.197 e. The molecule has 0 spiro atoms. The quantitative estimate of drug-likeness (QED) is 0.397. The number of rotatable bonds is 9. The van der Waals surface area contributed by atoms with Crippen LogP contribution in [0.5, 0.6) is 5.75 Å². The fourth-order valence-electron chi connectivity index (χ4n) is 2.70. The van der Waals surface area contributed by atoms with Crippen LogP contribution in [0.1, 0.15) is 37.9 Å². The number of ether oxygens (including phenoxy) is 2. The first-order valence-corrected chi connectivity index (χ1v) is 10.9. The van der Waals surface area contributed by atoms with Gasteiger partial charge in [0.1, 0.15) is 5.75 Å². The number of unbranched alkanes of at least 4 members (excludes halogenated alkanes) is 1. The highest BCUT2D eigenvalue weighted by atomic mass is 35.5. The molecule has 0 saturated heterocycles. The van der Waals surface area contributed by atoms with Gasteiger partial charge in [0.05, 0.1) is 39.9 Å². The van der Waals surface area contributed by atoms with Crippen molar-refractivity contribution in [3.8, 4) is 5.75 Å². The van der Waals surface area contributed by atoms with E-state index in [1.54, 1.807) is 30.5 Å². The predicted molar refractivity (Wildman–Crippen MR) is 111 cm³/mol. The van der Waals surface area contributed by atoms with Gasteiger partial charge in [-0.05, 0) is 44.5 Å². The van der Waals surface area contributed by atoms with Gasteiger partial charge in [-0.25, -0.2) is 4.98 Å². The maximum atomic E-state index is 12.8. The Hall–Kier alpha value is -1.96. The SMILES string of the molecule is CCCCOC(C)Oc1ccnc(CS(=O)c2nc3ccc(Cl)cc3[nH]2)c1C. The molecular formula is C20H24ClN3O3S. The fraction of sp³-hybridized carbons (Fsp3) is 0.400. The number of nitrogens with one attached hydrogen (secondary N) is 1. The lowest BCUT2D eigenvalue weighted by Crippen LogP contribution is -2.18. The first kappa shape index (κ1) is 20.8. The fourth-order valence-corrected chi connectivity index (χ4v) is 3.97. The van der Waals surface area contributed by atoms with Crippen LogP contribution in [0.3, 0.4) is 0 Å². The Balaban J connectivity index is 1.71. The van der Waals surface area contributed by atoms with Crippen molar-refractivity contribution in [2.24, 2.45) is 0 Å². The van der Waals surface area contributed by atoms with Gasteiger partial charge in [-0.3, -0.25) is 9.19 Å². The number of aromatic amines is 1. The topological polar surface area (TPSA) is 77.1 Å². The molecule has 8 heteroatoms. The molecule has 1 aromatic carbocycles. The summed E-state index contributed by atoms with van der Waals surface area (Å²) in [4.78, 5) is 11.9. The zero-order chi connectivity index (χ0) is 20.1. The third kappa shape index (κ3) is 5.10. The van der Waals surface area contributed by atoms with Crippen molar-refractivity contribution in [2.45, 2.75) is 50.8 Å². The normalized spacial score (nSPS) is 13.6. The van der Waals surface area contributed by atoms with E-state index < -0.39 is 10.8 Å². The van der Waals surface area contributed by atoms with Crippen LogP contribution in [-0.4, -0.2) is 32.1 Å². The number of imidazole rings is 1. The Morgan fingerprint density at radius 1 is 1.32 bits per heavy atom. The van der Waals surface area contributed by atoms with E-state index in [0.717, 1.165) is 29.4 Å². The van der Waals surface area contributed by atoms with E-state index >= 15 is 0 Å². The molecule has 3 rings (SSSR count). The van der Waals surface area contributed by atoms with Crippen molar-refractivity contribution in [3.63, 3.8) is 0 Å². The van der Waals surface area contributed by atoms with Crippen LogP contribution in [0.25, 0.3) is 11.0 Å². The van der Waals surface area contributed by atoms with Gasteiger partial charge in [0, 0.05) is 16.8 Å². The number of benzene rings is 1. The first-order valence-electron chi connectivity index (χ1n) is 9.24. The summed E-state index contributed by atoms with van der Waals surface area (Å²) in [6.07, 6.45) is 3.37. The second-order valence-electron chi connectivity index (χ2n) is 6.48. The van der Waals surface area contributed by atoms with Crippen molar-refractivity contribution < 1.29 is 13.7 Å². The van der Waals surface area contributed by atoms with E-state index in [1.165, 1.54) is 0 Å². The van der Waals surface area contributed by atoms with Crippen LogP contribution in [-0.2, 0) is 21.3 Å². The Kier molecular flexibility index (Phi) is 7.04. The van der Waals surface area contributed by atoms with Crippen LogP contribution >= 0.6 is 11.6 Å². The van der Waals surface area contributed by atoms with Gasteiger partial charge in [0.2, 0.25) is 0 Å². The maximum absolute atomic E-state index is 12.8. The van der Waals surface area contributed by atoms with Gasteiger partial charge in [-0.15, -0.1) is 0 Å². The van der Waals surface area contributed by atoms with Gasteiger partial charge in [-0.2, -0.15) is 0 Å². The summed E-state index contributed by atoms with van der Waals surface area (Å²) in [6.45, 7) is 6.55. The van der Waals surface area contributed by atoms with E-state index in [1.807, 2.05) is 13.8 Å². The molecular weight excluding hydrogens is 398 g/mol. The molecule has 0 saturated carbocycles. The zero-order valence-electron chi connectivity index (χ0n) is 16.2. The summed E-state index contributed by atoms with van der Waals surface area (Å²) in [5, 5.41) is 1.01. The van der Waals surface area contributed by atoms with E-state index in [4.69, 9.17) is 21.1 Å². The second-order valence-corrected chi connectivity index (χ2v) is 8.29. The van der Waals surface area contributed by atoms with Crippen molar-refractivity contribution in [3.05, 3.63) is 46.7 Å². The predicted octanol–water partition coefficient (Wildman–Crippen LogP) is 4.77. The van der Waals surface area contributed by atoms with Gasteiger partial charge >= 0.3 is 0 Å². The van der Waals surface area contributed by atoms with Crippen LogP contribution < -0.4 is 4.74 Å². The van der Waals surface area contributed by atoms with Gasteiger partial charge < -0.3 is 14.5 Å². The number of fused-ring (bicyclic) bond motifs is 1. The van der Waals surface area contributed by atoms with E-state index in [0.29, 0.717) is 28.2 Å². The lowest BCUT2D eigenvalue weighted by atomic mass is 10.2. The van der Waals surface area contributed by atoms with Crippen molar-refractivity contribution >= 4 is 33.4 Å². The summed E-state index contributed by atoms with van der Waals surface area (Å²) in [5.41, 5.74) is 3.04. The van der Waals surface area contributed by atoms with E-state index in [9.17, 15) is 4.21 Å². The standard InChI is InChI=1S/C20H24ClN3O3S/c1-4-5-10-26-14(3)27-19-8-9-22-18(13(19)2)12-28(25)20-23-16-7-6-15(21)11-17(16)24-20/h6-9,11,14H,4-5,10,12H2,1-3H3,(H,23,24). The molecule has 0 fully saturated rings. The van der Waals surface area contributed by atoms with Crippen molar-refractivity contribution in [1.29, 1.82) is 0 Å². The van der Waals surface area contributed by atoms with Crippen LogP contribution in [0.4, 0.5) is 0 Å². The monoisotopic (exact) mass is 421 g/mol. The molecule has 2 atom stereocenters. The summed E-state index contributed by atoms with van der Waals surface area (Å²) >= 11 is 6.00. The highest BCUT2D eigenvalue weighted by Gasteiger charge is 2.16. The molecule has 0 amide bonds. The molecule has 6 nitrogen and oxygen atoms in total. The summed E-state index contributed by atoms with van der Waals surface area (Å²) in [6, 6.07) is 7.12. The lowest BCUT2D eigenvalue weighted by molar-refractivity contribution is -0.0677. The lowest BCUT2D eigenvalue weighted by Gasteiger charge is -2.17. The Labute approximate surface area is 172 Å². The first-order chi connectivity index (χ1) is 13.5. The molecule has 3 aromatic rings. The van der Waals surface area contributed by atoms with Crippen molar-refractivity contribution in [2.75, 3.05) is 6.61 Å². The molecule has 0 aliphatic carbocycles. The van der Waals surface area contributed by atoms with Crippen LogP contribution in [0, 0.1) is 6.92 Å². The Bertz CT molecular complexity index is 976. The van der Waals surface area contributed by atoms with Gasteiger partial charge in [0.15, 0.2) is 11.4 Å². The highest BCUT2D eigenvalue weighted by molar-refractivity contribution is 7.84. The molecule has 150 valence electrons. The van der Waals surface area contributed by atoms with E-state index in [-0.39, 0.29) is 12.0 Å². The third-order valence-corrected chi connectivity index (χ3v) is 5.70. The average molecular weight is 422 g/mol. The Morgan fingerprint density at radius 2 is 2.14 bits per heavy atom. The van der Waals surface area contributed by atoms with Gasteiger partial charge in [-0.1, -0.05) is 24.9 Å². The Morgan fingerprint density at radius 3 is 2.93 bits per heavy atom. The summed E-state index contributed by atoms with van der Waals surface area (Å²) in [5.74, 6) is 0.921. The summed E-state index contributed by atoms with van der Waals surface area (Å²) < 4.78 is 24.3. The molecule has 2 unspecified atom stereocenters. The number of hydrogen-bond donors (Lipinski definition) is 1. The molecule has 0 aliphatic rings.